The highest BCUT2D eigenvalue weighted by molar-refractivity contribution is 14.2. The Morgan fingerprint density at radius 1 is 0.951 bits per heavy atom. The number of nitrogens with one attached hydrogen (secondary N) is 5. The second-order valence-electron chi connectivity index (χ2n) is 8.64. The van der Waals surface area contributed by atoms with Gasteiger partial charge in [-0.3, -0.25) is 28.9 Å². The molecule has 19 heteroatoms. The monoisotopic (exact) mass is 750 g/mol. The van der Waals surface area contributed by atoms with Crippen LogP contribution in [0.1, 0.15) is 46.0 Å². The zero-order valence-corrected chi connectivity index (χ0v) is 27.6. The van der Waals surface area contributed by atoms with E-state index in [1.807, 2.05) is 0 Å². The number of carbonyl (C=O) groups is 7. The van der Waals surface area contributed by atoms with Gasteiger partial charge in [-0.25, -0.2) is 9.59 Å². The number of alkyl carbamates (subject to hydrolysis) is 2. The van der Waals surface area contributed by atoms with Crippen LogP contribution in [0.5, 0.6) is 0 Å². The minimum absolute atomic E-state index is 0.0198. The quantitative estimate of drug-likeness (QED) is 0.0469. The summed E-state index contributed by atoms with van der Waals surface area (Å²) >= 11 is 2.06. The number of methoxy groups -OCH3 is 2. The van der Waals surface area contributed by atoms with Crippen LogP contribution < -0.4 is 26.6 Å². The molecule has 15 nitrogen and oxygen atoms in total. The van der Waals surface area contributed by atoms with Crippen molar-refractivity contribution in [1.29, 1.82) is 0 Å². The second kappa shape index (κ2) is 19.9. The van der Waals surface area contributed by atoms with Crippen molar-refractivity contribution in [2.45, 2.75) is 69.5 Å². The topological polar surface area (TPSA) is 201 Å². The van der Waals surface area contributed by atoms with Gasteiger partial charge in [-0.05, 0) is 50.9 Å². The smallest absolute Gasteiger partial charge is 0.407 e. The summed E-state index contributed by atoms with van der Waals surface area (Å²) < 4.78 is 9.03. The van der Waals surface area contributed by atoms with Crippen LogP contribution in [0.2, 0.25) is 0 Å². The lowest BCUT2D eigenvalue weighted by Gasteiger charge is -2.24. The van der Waals surface area contributed by atoms with Gasteiger partial charge in [-0.2, -0.15) is 0 Å². The van der Waals surface area contributed by atoms with Crippen LogP contribution in [-0.4, -0.2) is 97.4 Å². The molecule has 0 bridgehead atoms. The van der Waals surface area contributed by atoms with Gasteiger partial charge in [0.15, 0.2) is 0 Å². The number of halogens is 1. The highest BCUT2D eigenvalue weighted by atomic mass is 127. The minimum Gasteiger partial charge on any atom is -0.453 e. The summed E-state index contributed by atoms with van der Waals surface area (Å²) in [6.45, 7) is 3.24. The molecular formula is C22H35IN6O9S3. The number of hydrogen-bond donors (Lipinski definition) is 5. The Bertz CT molecular complexity index is 964. The first-order valence-corrected chi connectivity index (χ1v) is 18.5. The van der Waals surface area contributed by atoms with Gasteiger partial charge in [0.2, 0.25) is 29.5 Å². The predicted molar refractivity (Wildman–Crippen MR) is 163 cm³/mol. The zero-order chi connectivity index (χ0) is 30.9. The molecule has 1 heterocycles. The molecule has 1 saturated heterocycles. The molecule has 0 radical (unpaired) electrons. The number of hydrogen-bond acceptors (Lipinski definition) is 12. The van der Waals surface area contributed by atoms with Gasteiger partial charge in [0.1, 0.15) is 17.3 Å². The van der Waals surface area contributed by atoms with Crippen LogP contribution in [0.15, 0.2) is 0 Å². The molecule has 0 aromatic carbocycles. The van der Waals surface area contributed by atoms with E-state index in [1.165, 1.54) is 49.5 Å². The van der Waals surface area contributed by atoms with Crippen LogP contribution >= 0.6 is 49.8 Å². The lowest BCUT2D eigenvalue weighted by atomic mass is 10.1. The maximum atomic E-state index is 12.6. The van der Waals surface area contributed by atoms with Gasteiger partial charge in [-0.15, -0.1) is 0 Å². The molecule has 7 amide bonds. The molecule has 0 spiro atoms. The Kier molecular flexibility index (Phi) is 17.9. The Hall–Kier alpha value is -2.13. The molecule has 1 fully saturated rings. The standard InChI is InChI=1S/C22H35IN6O9S3/c1-12(29-17(31)11-15(20(29)34)39-41-40-23)18(32)27-13(2)26-16(30)8-10-24-19(33)14(28-22(36)38-4)7-5-6-9-25-21(35)37-3/h12-15H,5-11H2,1-4H3,(H,24,33)(H,25,35)(H,26,30)(H,27,32)(H,28,36). The molecule has 0 aromatic rings. The van der Waals surface area contributed by atoms with E-state index in [4.69, 9.17) is 0 Å². The van der Waals surface area contributed by atoms with E-state index < -0.39 is 65.2 Å². The first kappa shape index (κ1) is 36.9. The number of likely N-dealkylation sites (tertiary alicyclic amines) is 1. The van der Waals surface area contributed by atoms with Crippen LogP contribution in [0.3, 0.4) is 0 Å². The summed E-state index contributed by atoms with van der Waals surface area (Å²) in [5.41, 5.74) is 0. The van der Waals surface area contributed by atoms with E-state index in [0.717, 1.165) is 12.0 Å². The van der Waals surface area contributed by atoms with Crippen LogP contribution in [0.4, 0.5) is 9.59 Å². The predicted octanol–water partition coefficient (Wildman–Crippen LogP) is 1.22. The van der Waals surface area contributed by atoms with Crippen molar-refractivity contribution in [2.75, 3.05) is 27.3 Å². The number of nitrogens with zero attached hydrogens (tertiary/aromatic N) is 1. The largest absolute Gasteiger partial charge is 0.453 e. The van der Waals surface area contributed by atoms with Crippen molar-refractivity contribution < 1.29 is 43.0 Å². The third kappa shape index (κ3) is 13.6. The van der Waals surface area contributed by atoms with E-state index in [0.29, 0.717) is 19.4 Å². The number of carbonyl (C=O) groups excluding carboxylic acids is 7. The summed E-state index contributed by atoms with van der Waals surface area (Å²) in [6.07, 6.45) is -0.997. The normalized spacial score (nSPS) is 16.7. The lowest BCUT2D eigenvalue weighted by molar-refractivity contribution is -0.146. The maximum absolute atomic E-state index is 12.6. The molecule has 0 aromatic heterocycles. The van der Waals surface area contributed by atoms with Gasteiger partial charge >= 0.3 is 12.2 Å². The van der Waals surface area contributed by atoms with Crippen LogP contribution in [0, 0.1) is 0 Å². The van der Waals surface area contributed by atoms with Crippen LogP contribution in [0.25, 0.3) is 0 Å². The first-order chi connectivity index (χ1) is 19.4. The fourth-order valence-electron chi connectivity index (χ4n) is 3.60. The second-order valence-corrected chi connectivity index (χ2v) is 15.5. The van der Waals surface area contributed by atoms with Crippen molar-refractivity contribution in [3.8, 4) is 0 Å². The molecule has 41 heavy (non-hydrogen) atoms. The van der Waals surface area contributed by atoms with Gasteiger partial charge < -0.3 is 36.1 Å². The third-order valence-corrected chi connectivity index (χ3v) is 12.6. The number of ether oxygens (including phenoxy) is 2. The van der Waals surface area contributed by atoms with E-state index in [2.05, 4.69) is 57.3 Å². The fourth-order valence-corrected chi connectivity index (χ4v) is 8.36. The van der Waals surface area contributed by atoms with Crippen LogP contribution in [-0.2, 0) is 33.4 Å². The van der Waals surface area contributed by atoms with Crippen molar-refractivity contribution in [1.82, 2.24) is 31.5 Å². The summed E-state index contributed by atoms with van der Waals surface area (Å²) in [7, 11) is 6.48. The van der Waals surface area contributed by atoms with Gasteiger partial charge in [0.05, 0.1) is 20.4 Å². The molecule has 1 aliphatic heterocycles. The van der Waals surface area contributed by atoms with E-state index in [9.17, 15) is 33.6 Å². The number of rotatable bonds is 17. The highest BCUT2D eigenvalue weighted by Crippen LogP contribution is 2.44. The Labute approximate surface area is 261 Å². The van der Waals surface area contributed by atoms with E-state index in [-0.39, 0.29) is 25.8 Å². The average molecular weight is 751 g/mol. The molecule has 1 rings (SSSR count). The molecule has 0 saturated carbocycles. The SMILES string of the molecule is COC(=O)NCCCCC(NC(=O)OC)C(=O)NCCC(=O)NC(C)NC(=O)C(C)N1C(=O)CC(SSSI)C1=O. The van der Waals surface area contributed by atoms with Crippen molar-refractivity contribution >= 4 is 91.5 Å². The Morgan fingerprint density at radius 2 is 1.63 bits per heavy atom. The lowest BCUT2D eigenvalue weighted by Crippen LogP contribution is -2.54. The van der Waals surface area contributed by atoms with Crippen molar-refractivity contribution in [2.24, 2.45) is 0 Å². The number of imide groups is 1. The molecule has 0 aliphatic carbocycles. The molecular weight excluding hydrogens is 715 g/mol. The molecule has 1 aliphatic rings. The number of unbranched alkanes of at least 4 members (excludes halogenated alkanes) is 1. The van der Waals surface area contributed by atoms with Gasteiger partial charge in [0.25, 0.3) is 0 Å². The van der Waals surface area contributed by atoms with E-state index in [1.54, 1.807) is 0 Å². The zero-order valence-electron chi connectivity index (χ0n) is 23.0. The summed E-state index contributed by atoms with van der Waals surface area (Å²) in [6, 6.07) is -1.97. The van der Waals surface area contributed by atoms with Crippen molar-refractivity contribution in [3.63, 3.8) is 0 Å². The van der Waals surface area contributed by atoms with Gasteiger partial charge in [0, 0.05) is 47.1 Å². The number of amides is 7. The first-order valence-electron chi connectivity index (χ1n) is 12.4. The maximum Gasteiger partial charge on any atom is 0.407 e. The van der Waals surface area contributed by atoms with Gasteiger partial charge in [-0.1, -0.05) is 10.8 Å². The fraction of sp³-hybridized carbons (Fsp3) is 0.682. The summed E-state index contributed by atoms with van der Waals surface area (Å²) in [5.74, 6) is -2.46. The average Bonchev–Trinajstić information content (AvgIpc) is 3.21. The third-order valence-electron chi connectivity index (χ3n) is 5.65. The van der Waals surface area contributed by atoms with Crippen molar-refractivity contribution in [3.05, 3.63) is 0 Å². The molecule has 4 atom stereocenters. The molecule has 5 N–H and O–H groups in total. The highest BCUT2D eigenvalue weighted by Gasteiger charge is 2.43. The molecule has 4 unspecified atom stereocenters. The Morgan fingerprint density at radius 3 is 2.27 bits per heavy atom. The molecule has 232 valence electrons. The summed E-state index contributed by atoms with van der Waals surface area (Å²) in [4.78, 5) is 86.1. The van der Waals surface area contributed by atoms with E-state index >= 15 is 0 Å². The Balaban J connectivity index is 2.47. The summed E-state index contributed by atoms with van der Waals surface area (Å²) in [5, 5.41) is 12.1. The minimum atomic E-state index is -1.05.